The maximum absolute atomic E-state index is 14.7. The van der Waals surface area contributed by atoms with Gasteiger partial charge < -0.3 is 20.5 Å². The molecule has 0 unspecified atom stereocenters. The Morgan fingerprint density at radius 1 is 0.902 bits per heavy atom. The number of likely N-dealkylation sites (N-methyl/N-ethyl adjacent to an activating group) is 1. The highest BCUT2D eigenvalue weighted by Gasteiger charge is 2.16. The number of carbonyl (C=O) groups is 1. The van der Waals surface area contributed by atoms with E-state index in [0.717, 1.165) is 54.9 Å². The van der Waals surface area contributed by atoms with Gasteiger partial charge in [0.1, 0.15) is 11.5 Å². The number of nitrogens with zero attached hydrogens (tertiary/aromatic N) is 3. The zero-order valence-electron chi connectivity index (χ0n) is 23.4. The minimum atomic E-state index is -0.355. The summed E-state index contributed by atoms with van der Waals surface area (Å²) in [7, 11) is 4.08. The van der Waals surface area contributed by atoms with Gasteiger partial charge in [-0.2, -0.15) is 0 Å². The van der Waals surface area contributed by atoms with Gasteiger partial charge in [-0.15, -0.1) is 0 Å². The first kappa shape index (κ1) is 28.0. The van der Waals surface area contributed by atoms with Gasteiger partial charge in [-0.25, -0.2) is 9.37 Å². The third-order valence-corrected chi connectivity index (χ3v) is 7.34. The fraction of sp³-hybridized carbons (Fsp3) is 0.212. The van der Waals surface area contributed by atoms with Gasteiger partial charge in [0.2, 0.25) is 6.41 Å². The lowest BCUT2D eigenvalue weighted by molar-refractivity contribution is -0.105. The largest absolute Gasteiger partial charge is 0.388 e. The van der Waals surface area contributed by atoms with E-state index in [0.29, 0.717) is 28.9 Å². The third kappa shape index (κ3) is 6.98. The van der Waals surface area contributed by atoms with E-state index in [9.17, 15) is 9.18 Å². The zero-order chi connectivity index (χ0) is 28.6. The lowest BCUT2D eigenvalue weighted by Crippen LogP contribution is -2.43. The first-order valence-electron chi connectivity index (χ1n) is 13.7. The van der Waals surface area contributed by atoms with Gasteiger partial charge in [0.25, 0.3) is 0 Å². The molecule has 3 N–H and O–H groups in total. The Morgan fingerprint density at radius 3 is 2.44 bits per heavy atom. The number of para-hydroxylation sites is 1. The Morgan fingerprint density at radius 2 is 1.71 bits per heavy atom. The summed E-state index contributed by atoms with van der Waals surface area (Å²) in [4.78, 5) is 23.4. The Labute approximate surface area is 240 Å². The Hall–Kier alpha value is -4.53. The lowest BCUT2D eigenvalue weighted by Gasteiger charge is -2.32. The van der Waals surface area contributed by atoms with Crippen LogP contribution in [-0.4, -0.2) is 66.5 Å². The van der Waals surface area contributed by atoms with Crippen molar-refractivity contribution < 1.29 is 9.18 Å². The number of nitrogens with one attached hydrogen (secondary N) is 3. The molecule has 0 aliphatic carbocycles. The fourth-order valence-electron chi connectivity index (χ4n) is 4.99. The molecule has 3 aromatic carbocycles. The predicted molar refractivity (Wildman–Crippen MR) is 165 cm³/mol. The molecule has 7 nitrogen and oxygen atoms in total. The summed E-state index contributed by atoms with van der Waals surface area (Å²) in [5.41, 5.74) is 6.84. The van der Waals surface area contributed by atoms with Crippen LogP contribution in [0.25, 0.3) is 33.3 Å². The van der Waals surface area contributed by atoms with Gasteiger partial charge in [-0.05, 0) is 60.6 Å². The molecule has 8 heteroatoms. The molecule has 1 aliphatic heterocycles. The number of H-pyrrole nitrogens is 1. The van der Waals surface area contributed by atoms with Crippen LogP contribution in [0, 0.1) is 5.82 Å². The summed E-state index contributed by atoms with van der Waals surface area (Å²) in [6.07, 6.45) is 4.19. The minimum absolute atomic E-state index is 0.355. The maximum atomic E-state index is 14.7. The summed E-state index contributed by atoms with van der Waals surface area (Å²) in [6.45, 7) is 5.26. The average molecular weight is 551 g/mol. The molecule has 5 aromatic rings. The smallest absolute Gasteiger partial charge is 0.211 e. The number of pyridine rings is 1. The second-order valence-corrected chi connectivity index (χ2v) is 10.2. The van der Waals surface area contributed by atoms with E-state index in [4.69, 9.17) is 0 Å². The van der Waals surface area contributed by atoms with Crippen molar-refractivity contribution in [1.82, 2.24) is 19.8 Å². The van der Waals surface area contributed by atoms with Crippen molar-refractivity contribution in [2.45, 2.75) is 6.54 Å². The molecule has 1 saturated heterocycles. The predicted octanol–water partition coefficient (Wildman–Crippen LogP) is 6.08. The van der Waals surface area contributed by atoms with Crippen LogP contribution < -0.4 is 10.6 Å². The quantitative estimate of drug-likeness (QED) is 0.214. The van der Waals surface area contributed by atoms with Crippen LogP contribution in [0.1, 0.15) is 5.56 Å². The highest BCUT2D eigenvalue weighted by atomic mass is 19.1. The average Bonchev–Trinajstić information content (AvgIpc) is 3.43. The van der Waals surface area contributed by atoms with Crippen LogP contribution in [0.2, 0.25) is 0 Å². The standard InChI is InChI=1S/C26H26FN5O.C7H9N/c1-31-7-9-32(10-8-31)16-18-3-2-4-19(11-18)20-12-23-24(15-29-26(23)28-14-20)22-13-21(30-17-33)5-6-25(22)27;1-8-7-5-3-2-4-6-7/h2-6,11-15,17H,7-10,16H2,1H3,(H,28,29)(H,30,33);2-6,8H,1H3. The van der Waals surface area contributed by atoms with Crippen molar-refractivity contribution in [3.63, 3.8) is 0 Å². The Kier molecular flexibility index (Phi) is 9.03. The zero-order valence-corrected chi connectivity index (χ0v) is 23.4. The van der Waals surface area contributed by atoms with Crippen molar-refractivity contribution in [3.05, 3.63) is 103 Å². The van der Waals surface area contributed by atoms with Gasteiger partial charge in [-0.1, -0.05) is 36.4 Å². The molecule has 0 atom stereocenters. The SMILES string of the molecule is CN1CCN(Cc2cccc(-c3cnc4[nH]cc(-c5cc(NC=O)ccc5F)c4c3)c2)CC1.CNc1ccccc1. The molecule has 41 heavy (non-hydrogen) atoms. The van der Waals surface area contributed by atoms with Gasteiger partial charge >= 0.3 is 0 Å². The van der Waals surface area contributed by atoms with Crippen molar-refractivity contribution in [1.29, 1.82) is 0 Å². The molecule has 3 heterocycles. The summed E-state index contributed by atoms with van der Waals surface area (Å²) in [6, 6.07) is 25.2. The number of fused-ring (bicyclic) bond motifs is 1. The molecular weight excluding hydrogens is 515 g/mol. The number of aromatic amines is 1. The Balaban J connectivity index is 0.000000365. The van der Waals surface area contributed by atoms with Crippen LogP contribution in [0.3, 0.4) is 0 Å². The van der Waals surface area contributed by atoms with E-state index < -0.39 is 0 Å². The van der Waals surface area contributed by atoms with E-state index in [-0.39, 0.29) is 5.82 Å². The molecule has 1 aliphatic rings. The van der Waals surface area contributed by atoms with Crippen LogP contribution >= 0.6 is 0 Å². The van der Waals surface area contributed by atoms with E-state index >= 15 is 0 Å². The van der Waals surface area contributed by atoms with E-state index in [1.807, 2.05) is 49.6 Å². The van der Waals surface area contributed by atoms with Gasteiger partial charge in [-0.3, -0.25) is 9.69 Å². The molecule has 0 saturated carbocycles. The van der Waals surface area contributed by atoms with Crippen LogP contribution in [0.5, 0.6) is 0 Å². The van der Waals surface area contributed by atoms with Gasteiger partial charge in [0.15, 0.2) is 0 Å². The second-order valence-electron chi connectivity index (χ2n) is 10.2. The van der Waals surface area contributed by atoms with Crippen LogP contribution in [-0.2, 0) is 11.3 Å². The fourth-order valence-corrected chi connectivity index (χ4v) is 4.99. The monoisotopic (exact) mass is 550 g/mol. The van der Waals surface area contributed by atoms with Gasteiger partial charge in [0, 0.05) is 85.6 Å². The van der Waals surface area contributed by atoms with E-state index in [1.165, 1.54) is 17.7 Å². The number of hydrogen-bond acceptors (Lipinski definition) is 5. The first-order chi connectivity index (χ1) is 20.0. The van der Waals surface area contributed by atoms with Crippen molar-refractivity contribution in [2.24, 2.45) is 0 Å². The molecule has 6 rings (SSSR count). The summed E-state index contributed by atoms with van der Waals surface area (Å²) < 4.78 is 14.7. The minimum Gasteiger partial charge on any atom is -0.388 e. The molecule has 210 valence electrons. The number of piperazine rings is 1. The number of carbonyl (C=O) groups excluding carboxylic acids is 1. The van der Waals surface area contributed by atoms with Gasteiger partial charge in [0.05, 0.1) is 0 Å². The lowest BCUT2D eigenvalue weighted by atomic mass is 10.0. The maximum Gasteiger partial charge on any atom is 0.211 e. The second kappa shape index (κ2) is 13.2. The van der Waals surface area contributed by atoms with E-state index in [2.05, 4.69) is 61.7 Å². The molecule has 0 bridgehead atoms. The number of amides is 1. The third-order valence-electron chi connectivity index (χ3n) is 7.34. The molecule has 0 spiro atoms. The highest BCUT2D eigenvalue weighted by Crippen LogP contribution is 2.34. The summed E-state index contributed by atoms with van der Waals surface area (Å²) in [5, 5.41) is 6.44. The number of aromatic nitrogens is 2. The van der Waals surface area contributed by atoms with Crippen molar-refractivity contribution in [2.75, 3.05) is 50.9 Å². The summed E-state index contributed by atoms with van der Waals surface area (Å²) >= 11 is 0. The van der Waals surface area contributed by atoms with Crippen LogP contribution in [0.4, 0.5) is 15.8 Å². The molecule has 0 radical (unpaired) electrons. The molecule has 1 amide bonds. The number of hydrogen-bond donors (Lipinski definition) is 3. The first-order valence-corrected chi connectivity index (χ1v) is 13.7. The number of benzene rings is 3. The number of anilines is 2. The topological polar surface area (TPSA) is 76.3 Å². The Bertz CT molecular complexity index is 1590. The molecular formula is C33H35FN6O. The van der Waals surface area contributed by atoms with Crippen molar-refractivity contribution in [3.8, 4) is 22.3 Å². The number of rotatable bonds is 7. The highest BCUT2D eigenvalue weighted by molar-refractivity contribution is 5.96. The molecule has 2 aromatic heterocycles. The summed E-state index contributed by atoms with van der Waals surface area (Å²) in [5.74, 6) is -0.355. The normalized spacial score (nSPS) is 13.8. The number of halogens is 1. The molecule has 1 fully saturated rings. The van der Waals surface area contributed by atoms with Crippen LogP contribution in [0.15, 0.2) is 91.3 Å². The van der Waals surface area contributed by atoms with Crippen molar-refractivity contribution >= 4 is 28.8 Å². The van der Waals surface area contributed by atoms with E-state index in [1.54, 1.807) is 12.3 Å².